The number of aromatic nitrogens is 2. The second-order valence-corrected chi connectivity index (χ2v) is 4.44. The predicted octanol–water partition coefficient (Wildman–Crippen LogP) is 2.14. The van der Waals surface area contributed by atoms with Gasteiger partial charge in [0.1, 0.15) is 11.6 Å². The van der Waals surface area contributed by atoms with Crippen molar-refractivity contribution in [3.63, 3.8) is 0 Å². The highest BCUT2D eigenvalue weighted by Crippen LogP contribution is 2.19. The van der Waals surface area contributed by atoms with Crippen LogP contribution in [0.5, 0.6) is 0 Å². The fourth-order valence-corrected chi connectivity index (χ4v) is 2.03. The van der Waals surface area contributed by atoms with Crippen molar-refractivity contribution < 1.29 is 18.3 Å². The number of aryl methyl sites for hydroxylation is 1. The average Bonchev–Trinajstić information content (AvgIpc) is 2.79. The van der Waals surface area contributed by atoms with E-state index in [2.05, 4.69) is 9.72 Å². The molecular weight excluding hydrogens is 280 g/mol. The third-order valence-electron chi connectivity index (χ3n) is 3.11. The highest BCUT2D eigenvalue weighted by atomic mass is 19.2. The summed E-state index contributed by atoms with van der Waals surface area (Å²) in [5, 5.41) is 0. The number of nitrogens with two attached hydrogens (primary N) is 1. The Morgan fingerprint density at radius 1 is 1.38 bits per heavy atom. The van der Waals surface area contributed by atoms with Gasteiger partial charge >= 0.3 is 5.97 Å². The minimum absolute atomic E-state index is 0.0249. The summed E-state index contributed by atoms with van der Waals surface area (Å²) >= 11 is 0. The number of carbonyl (C=O) groups excluding carboxylic acids is 1. The molecule has 21 heavy (non-hydrogen) atoms. The largest absolute Gasteiger partial charge is 0.464 e. The fourth-order valence-electron chi connectivity index (χ4n) is 2.03. The molecule has 0 aliphatic carbocycles. The maximum atomic E-state index is 13.2. The minimum atomic E-state index is -0.933. The molecule has 0 bridgehead atoms. The lowest BCUT2D eigenvalue weighted by atomic mass is 10.2. The number of rotatable bonds is 4. The molecule has 5 nitrogen and oxygen atoms in total. The van der Waals surface area contributed by atoms with E-state index in [1.165, 1.54) is 13.2 Å². The Hall–Kier alpha value is -2.44. The van der Waals surface area contributed by atoms with Gasteiger partial charge in [0, 0.05) is 6.42 Å². The maximum Gasteiger partial charge on any atom is 0.360 e. The smallest absolute Gasteiger partial charge is 0.360 e. The number of imidazole rings is 1. The number of hydrogen-bond donors (Lipinski definition) is 1. The number of ether oxygens (including phenoxy) is 1. The van der Waals surface area contributed by atoms with Crippen molar-refractivity contribution in [1.82, 2.24) is 9.55 Å². The van der Waals surface area contributed by atoms with Crippen molar-refractivity contribution in [1.29, 1.82) is 0 Å². The molecule has 7 heteroatoms. The van der Waals surface area contributed by atoms with Gasteiger partial charge in [0.15, 0.2) is 17.3 Å². The number of nitrogen functional groups attached to an aromatic ring is 1. The van der Waals surface area contributed by atoms with Gasteiger partial charge in [0.05, 0.1) is 13.7 Å². The molecule has 112 valence electrons. The molecule has 0 saturated carbocycles. The zero-order chi connectivity index (χ0) is 15.6. The number of carbonyl (C=O) groups is 1. The second-order valence-electron chi connectivity index (χ2n) is 4.44. The van der Waals surface area contributed by atoms with Crippen molar-refractivity contribution in [2.24, 2.45) is 0 Å². The maximum absolute atomic E-state index is 13.2. The van der Waals surface area contributed by atoms with Crippen LogP contribution >= 0.6 is 0 Å². The first-order valence-electron chi connectivity index (χ1n) is 6.35. The third kappa shape index (κ3) is 2.86. The number of benzene rings is 1. The molecule has 0 unspecified atom stereocenters. The summed E-state index contributed by atoms with van der Waals surface area (Å²) in [6.07, 6.45) is 0.533. The van der Waals surface area contributed by atoms with E-state index in [9.17, 15) is 13.6 Å². The molecule has 1 aromatic heterocycles. The highest BCUT2D eigenvalue weighted by molar-refractivity contribution is 5.92. The lowest BCUT2D eigenvalue weighted by molar-refractivity contribution is 0.0595. The van der Waals surface area contributed by atoms with Gasteiger partial charge in [-0.1, -0.05) is 13.0 Å². The van der Waals surface area contributed by atoms with Crippen molar-refractivity contribution in [3.8, 4) is 0 Å². The van der Waals surface area contributed by atoms with E-state index in [1.54, 1.807) is 4.57 Å². The van der Waals surface area contributed by atoms with E-state index in [0.29, 0.717) is 17.8 Å². The summed E-state index contributed by atoms with van der Waals surface area (Å²) in [5.41, 5.74) is 6.45. The van der Waals surface area contributed by atoms with Crippen molar-refractivity contribution in [2.45, 2.75) is 19.9 Å². The molecule has 0 fully saturated rings. The number of anilines is 1. The molecule has 0 spiro atoms. The first-order valence-corrected chi connectivity index (χ1v) is 6.35. The van der Waals surface area contributed by atoms with Crippen LogP contribution in [0.25, 0.3) is 0 Å². The Kier molecular flexibility index (Phi) is 4.21. The van der Waals surface area contributed by atoms with E-state index >= 15 is 0 Å². The van der Waals surface area contributed by atoms with Crippen LogP contribution in [0.15, 0.2) is 18.2 Å². The van der Waals surface area contributed by atoms with Gasteiger partial charge in [0.25, 0.3) is 0 Å². The van der Waals surface area contributed by atoms with Crippen LogP contribution < -0.4 is 5.73 Å². The number of methoxy groups -OCH3 is 1. The first kappa shape index (κ1) is 15.0. The quantitative estimate of drug-likeness (QED) is 0.877. The molecule has 2 rings (SSSR count). The second kappa shape index (κ2) is 5.90. The van der Waals surface area contributed by atoms with E-state index < -0.39 is 17.6 Å². The topological polar surface area (TPSA) is 70.1 Å². The van der Waals surface area contributed by atoms with Gasteiger partial charge in [-0.3, -0.25) is 0 Å². The fraction of sp³-hybridized carbons (Fsp3) is 0.286. The summed E-state index contributed by atoms with van der Waals surface area (Å²) < 4.78 is 32.4. The lowest BCUT2D eigenvalue weighted by Crippen LogP contribution is -2.10. The Morgan fingerprint density at radius 2 is 2.10 bits per heavy atom. The molecule has 0 aliphatic heterocycles. The van der Waals surface area contributed by atoms with Crippen LogP contribution in [0, 0.1) is 11.6 Å². The van der Waals surface area contributed by atoms with Gasteiger partial charge in [-0.2, -0.15) is 0 Å². The number of esters is 1. The molecule has 0 saturated heterocycles. The Morgan fingerprint density at radius 3 is 2.67 bits per heavy atom. The van der Waals surface area contributed by atoms with E-state index in [-0.39, 0.29) is 18.1 Å². The molecule has 2 aromatic rings. The van der Waals surface area contributed by atoms with Crippen LogP contribution in [-0.2, 0) is 17.7 Å². The van der Waals surface area contributed by atoms with Gasteiger partial charge < -0.3 is 15.0 Å². The predicted molar refractivity (Wildman–Crippen MR) is 72.8 cm³/mol. The molecule has 0 amide bonds. The molecule has 0 radical (unpaired) electrons. The molecule has 1 heterocycles. The van der Waals surface area contributed by atoms with E-state index in [0.717, 1.165) is 12.1 Å². The summed E-state index contributed by atoms with van der Waals surface area (Å²) in [6, 6.07) is 3.59. The molecule has 0 aliphatic rings. The Bertz CT molecular complexity index is 683. The highest BCUT2D eigenvalue weighted by Gasteiger charge is 2.20. The van der Waals surface area contributed by atoms with Crippen molar-refractivity contribution in [2.75, 3.05) is 12.8 Å². The zero-order valence-electron chi connectivity index (χ0n) is 11.7. The normalized spacial score (nSPS) is 10.7. The zero-order valence-corrected chi connectivity index (χ0v) is 11.7. The Balaban J connectivity index is 2.41. The van der Waals surface area contributed by atoms with E-state index in [4.69, 9.17) is 5.73 Å². The van der Waals surface area contributed by atoms with Crippen LogP contribution in [0.3, 0.4) is 0 Å². The van der Waals surface area contributed by atoms with Crippen LogP contribution in [-0.4, -0.2) is 22.6 Å². The summed E-state index contributed by atoms with van der Waals surface area (Å²) in [5.74, 6) is -1.77. The number of hydrogen-bond acceptors (Lipinski definition) is 4. The third-order valence-corrected chi connectivity index (χ3v) is 3.11. The van der Waals surface area contributed by atoms with E-state index in [1.807, 2.05) is 6.92 Å². The standard InChI is InChI=1S/C14H15F2N3O2/c1-3-11-18-12(14(20)21-2)13(17)19(11)7-8-4-5-9(15)10(16)6-8/h4-6H,3,7,17H2,1-2H3. The van der Waals surface area contributed by atoms with Gasteiger partial charge in [-0.05, 0) is 17.7 Å². The number of halogens is 2. The van der Waals surface area contributed by atoms with Crippen molar-refractivity contribution in [3.05, 3.63) is 46.9 Å². The monoisotopic (exact) mass is 295 g/mol. The van der Waals surface area contributed by atoms with Gasteiger partial charge in [-0.15, -0.1) is 0 Å². The average molecular weight is 295 g/mol. The van der Waals surface area contributed by atoms with Crippen LogP contribution in [0.4, 0.5) is 14.6 Å². The van der Waals surface area contributed by atoms with Crippen molar-refractivity contribution >= 4 is 11.8 Å². The minimum Gasteiger partial charge on any atom is -0.464 e. The molecular formula is C14H15F2N3O2. The number of nitrogens with zero attached hydrogens (tertiary/aromatic N) is 2. The summed E-state index contributed by atoms with van der Waals surface area (Å²) in [4.78, 5) is 15.7. The molecule has 0 atom stereocenters. The van der Waals surface area contributed by atoms with Crippen LogP contribution in [0.1, 0.15) is 28.8 Å². The Labute approximate surface area is 120 Å². The van der Waals surface area contributed by atoms with Gasteiger partial charge in [0.2, 0.25) is 0 Å². The van der Waals surface area contributed by atoms with Gasteiger partial charge in [-0.25, -0.2) is 18.6 Å². The summed E-state index contributed by atoms with van der Waals surface area (Å²) in [6.45, 7) is 2.04. The molecule has 1 aromatic carbocycles. The first-order chi connectivity index (χ1) is 9.97. The van der Waals surface area contributed by atoms with Crippen LogP contribution in [0.2, 0.25) is 0 Å². The SMILES string of the molecule is CCc1nc(C(=O)OC)c(N)n1Cc1ccc(F)c(F)c1. The summed E-state index contributed by atoms with van der Waals surface area (Å²) in [7, 11) is 1.24. The molecule has 2 N–H and O–H groups in total. The lowest BCUT2D eigenvalue weighted by Gasteiger charge is -2.09.